The average Bonchev–Trinajstić information content (AvgIpc) is 2.52. The highest BCUT2D eigenvalue weighted by Gasteiger charge is 2.14. The highest BCUT2D eigenvalue weighted by Crippen LogP contribution is 2.07. The van der Waals surface area contributed by atoms with E-state index in [0.29, 0.717) is 0 Å². The van der Waals surface area contributed by atoms with Crippen LogP contribution < -0.4 is 0 Å². The van der Waals surface area contributed by atoms with Gasteiger partial charge in [-0.1, -0.05) is 22.0 Å². The predicted molar refractivity (Wildman–Crippen MR) is 48.7 cm³/mol. The lowest BCUT2D eigenvalue weighted by molar-refractivity contribution is -0.124. The Morgan fingerprint density at radius 3 is 2.64 bits per heavy atom. The molecular formula is C8H12BrNO. The molecule has 1 fully saturated rings. The summed E-state index contributed by atoms with van der Waals surface area (Å²) in [6.45, 7) is 1.87. The maximum atomic E-state index is 11.2. The summed E-state index contributed by atoms with van der Waals surface area (Å²) < 4.78 is 0. The molecule has 1 aliphatic heterocycles. The van der Waals surface area contributed by atoms with Crippen molar-refractivity contribution in [1.29, 1.82) is 0 Å². The molecule has 1 amide bonds. The first-order chi connectivity index (χ1) is 5.34. The highest BCUT2D eigenvalue weighted by atomic mass is 79.9. The number of likely N-dealkylation sites (tertiary alicyclic amines) is 1. The summed E-state index contributed by atoms with van der Waals surface area (Å²) in [6.07, 6.45) is 5.79. The van der Waals surface area contributed by atoms with Gasteiger partial charge in [0.15, 0.2) is 0 Å². The molecule has 0 aromatic carbocycles. The topological polar surface area (TPSA) is 20.3 Å². The first-order valence-electron chi connectivity index (χ1n) is 3.86. The Kier molecular flexibility index (Phi) is 3.63. The number of rotatable bonds is 2. The molecule has 0 saturated carbocycles. The molecule has 0 radical (unpaired) electrons. The van der Waals surface area contributed by atoms with Crippen LogP contribution in [0.5, 0.6) is 0 Å². The summed E-state index contributed by atoms with van der Waals surface area (Å²) in [6, 6.07) is 0. The second-order valence-corrected chi connectivity index (χ2v) is 3.24. The minimum absolute atomic E-state index is 0.155. The summed E-state index contributed by atoms with van der Waals surface area (Å²) >= 11 is 3.23. The van der Waals surface area contributed by atoms with Crippen molar-refractivity contribution in [3.63, 3.8) is 0 Å². The Morgan fingerprint density at radius 1 is 1.45 bits per heavy atom. The van der Waals surface area contributed by atoms with E-state index >= 15 is 0 Å². The standard InChI is InChI=1S/C8H12BrNO/c9-5-3-4-8(11)10-6-1-2-7-10/h3-4H,1-2,5-7H2. The van der Waals surface area contributed by atoms with Gasteiger partial charge in [0.25, 0.3) is 0 Å². The summed E-state index contributed by atoms with van der Waals surface area (Å²) in [5, 5.41) is 0.757. The fourth-order valence-corrected chi connectivity index (χ4v) is 1.38. The zero-order chi connectivity index (χ0) is 8.10. The molecule has 0 unspecified atom stereocenters. The van der Waals surface area contributed by atoms with Crippen LogP contribution in [0, 0.1) is 0 Å². The van der Waals surface area contributed by atoms with Gasteiger partial charge in [-0.25, -0.2) is 0 Å². The maximum Gasteiger partial charge on any atom is 0.246 e. The molecule has 0 N–H and O–H groups in total. The van der Waals surface area contributed by atoms with Crippen LogP contribution in [-0.4, -0.2) is 29.2 Å². The molecule has 1 heterocycles. The number of amides is 1. The van der Waals surface area contributed by atoms with Gasteiger partial charge in [-0.05, 0) is 18.9 Å². The molecule has 3 heteroatoms. The fourth-order valence-electron chi connectivity index (χ4n) is 1.19. The number of carbonyl (C=O) groups is 1. The Morgan fingerprint density at radius 2 is 2.09 bits per heavy atom. The molecule has 0 aromatic rings. The highest BCUT2D eigenvalue weighted by molar-refractivity contribution is 9.09. The van der Waals surface area contributed by atoms with E-state index in [2.05, 4.69) is 15.9 Å². The zero-order valence-corrected chi connectivity index (χ0v) is 8.01. The predicted octanol–water partition coefficient (Wildman–Crippen LogP) is 1.56. The summed E-state index contributed by atoms with van der Waals surface area (Å²) in [4.78, 5) is 13.1. The second kappa shape index (κ2) is 4.54. The molecule has 1 saturated heterocycles. The number of carbonyl (C=O) groups excluding carboxylic acids is 1. The third kappa shape index (κ3) is 2.66. The number of nitrogens with zero attached hydrogens (tertiary/aromatic N) is 1. The lowest BCUT2D eigenvalue weighted by atomic mass is 10.4. The Balaban J connectivity index is 2.34. The quantitative estimate of drug-likeness (QED) is 0.508. The molecule has 0 aromatic heterocycles. The van der Waals surface area contributed by atoms with Gasteiger partial charge in [0, 0.05) is 18.4 Å². The zero-order valence-electron chi connectivity index (χ0n) is 6.42. The fraction of sp³-hybridized carbons (Fsp3) is 0.625. The third-order valence-corrected chi connectivity index (χ3v) is 2.14. The molecule has 62 valence electrons. The first kappa shape index (κ1) is 8.78. The largest absolute Gasteiger partial charge is 0.339 e. The summed E-state index contributed by atoms with van der Waals surface area (Å²) in [7, 11) is 0. The first-order valence-corrected chi connectivity index (χ1v) is 4.98. The van der Waals surface area contributed by atoms with Gasteiger partial charge in [0.1, 0.15) is 0 Å². The van der Waals surface area contributed by atoms with E-state index in [0.717, 1.165) is 31.3 Å². The van der Waals surface area contributed by atoms with E-state index in [1.54, 1.807) is 6.08 Å². The number of halogens is 1. The normalized spacial score (nSPS) is 18.1. The molecule has 0 bridgehead atoms. The van der Waals surface area contributed by atoms with E-state index in [1.807, 2.05) is 11.0 Å². The van der Waals surface area contributed by atoms with Crippen LogP contribution in [-0.2, 0) is 4.79 Å². The lowest BCUT2D eigenvalue weighted by Crippen LogP contribution is -2.25. The van der Waals surface area contributed by atoms with Crippen LogP contribution >= 0.6 is 15.9 Å². The monoisotopic (exact) mass is 217 g/mol. The average molecular weight is 218 g/mol. The third-order valence-electron chi connectivity index (χ3n) is 1.77. The van der Waals surface area contributed by atoms with E-state index in [1.165, 1.54) is 0 Å². The SMILES string of the molecule is O=C(C=CCBr)N1CCCC1. The van der Waals surface area contributed by atoms with Crippen molar-refractivity contribution < 1.29 is 4.79 Å². The van der Waals surface area contributed by atoms with E-state index in [-0.39, 0.29) is 5.91 Å². The number of allylic oxidation sites excluding steroid dienone is 1. The van der Waals surface area contributed by atoms with Gasteiger partial charge in [-0.3, -0.25) is 4.79 Å². The van der Waals surface area contributed by atoms with Crippen molar-refractivity contribution in [1.82, 2.24) is 4.90 Å². The van der Waals surface area contributed by atoms with Crippen molar-refractivity contribution in [2.75, 3.05) is 18.4 Å². The van der Waals surface area contributed by atoms with Crippen molar-refractivity contribution in [2.45, 2.75) is 12.8 Å². The van der Waals surface area contributed by atoms with Gasteiger partial charge >= 0.3 is 0 Å². The van der Waals surface area contributed by atoms with Gasteiger partial charge in [0.05, 0.1) is 0 Å². The van der Waals surface area contributed by atoms with Gasteiger partial charge in [-0.2, -0.15) is 0 Å². The molecule has 0 spiro atoms. The maximum absolute atomic E-state index is 11.2. The lowest BCUT2D eigenvalue weighted by Gasteiger charge is -2.11. The molecule has 1 rings (SSSR count). The van der Waals surface area contributed by atoms with Crippen LogP contribution in [0.4, 0.5) is 0 Å². The molecule has 1 aliphatic rings. The van der Waals surface area contributed by atoms with E-state index in [4.69, 9.17) is 0 Å². The van der Waals surface area contributed by atoms with Crippen molar-refractivity contribution in [3.8, 4) is 0 Å². The minimum atomic E-state index is 0.155. The van der Waals surface area contributed by atoms with Crippen LogP contribution in [0.15, 0.2) is 12.2 Å². The Bertz CT molecular complexity index is 161. The summed E-state index contributed by atoms with van der Waals surface area (Å²) in [5.41, 5.74) is 0. The summed E-state index contributed by atoms with van der Waals surface area (Å²) in [5.74, 6) is 0.155. The molecule has 0 atom stereocenters. The molecule has 11 heavy (non-hydrogen) atoms. The smallest absolute Gasteiger partial charge is 0.246 e. The van der Waals surface area contributed by atoms with Gasteiger partial charge < -0.3 is 4.90 Å². The van der Waals surface area contributed by atoms with Gasteiger partial charge in [-0.15, -0.1) is 0 Å². The van der Waals surface area contributed by atoms with Crippen molar-refractivity contribution in [2.24, 2.45) is 0 Å². The number of hydrogen-bond acceptors (Lipinski definition) is 1. The Hall–Kier alpha value is -0.310. The van der Waals surface area contributed by atoms with Crippen molar-refractivity contribution >= 4 is 21.8 Å². The number of hydrogen-bond donors (Lipinski definition) is 0. The van der Waals surface area contributed by atoms with Crippen LogP contribution in [0.1, 0.15) is 12.8 Å². The molecular weight excluding hydrogens is 206 g/mol. The van der Waals surface area contributed by atoms with Crippen LogP contribution in [0.2, 0.25) is 0 Å². The second-order valence-electron chi connectivity index (χ2n) is 2.59. The van der Waals surface area contributed by atoms with Crippen molar-refractivity contribution in [3.05, 3.63) is 12.2 Å². The number of alkyl halides is 1. The van der Waals surface area contributed by atoms with E-state index in [9.17, 15) is 4.79 Å². The molecule has 0 aliphatic carbocycles. The minimum Gasteiger partial charge on any atom is -0.339 e. The Labute approximate surface area is 75.4 Å². The van der Waals surface area contributed by atoms with Gasteiger partial charge in [0.2, 0.25) is 5.91 Å². The molecule has 2 nitrogen and oxygen atoms in total. The van der Waals surface area contributed by atoms with E-state index < -0.39 is 0 Å². The van der Waals surface area contributed by atoms with Crippen LogP contribution in [0.3, 0.4) is 0 Å². The van der Waals surface area contributed by atoms with Crippen LogP contribution in [0.25, 0.3) is 0 Å².